The first-order valence-corrected chi connectivity index (χ1v) is 8.51. The summed E-state index contributed by atoms with van der Waals surface area (Å²) in [6, 6.07) is 14.0. The first kappa shape index (κ1) is 19.3. The normalized spacial score (nSPS) is 11.1. The lowest BCUT2D eigenvalue weighted by Crippen LogP contribution is -2.19. The van der Waals surface area contributed by atoms with Crippen LogP contribution in [0.15, 0.2) is 67.0 Å². The van der Waals surface area contributed by atoms with Crippen molar-refractivity contribution >= 4 is 23.1 Å². The maximum Gasteiger partial charge on any atom is 0.416 e. The van der Waals surface area contributed by atoms with Gasteiger partial charge >= 0.3 is 6.18 Å². The molecule has 0 atom stereocenters. The first-order valence-electron chi connectivity index (χ1n) is 8.51. The average Bonchev–Trinajstić information content (AvgIpc) is 2.69. The van der Waals surface area contributed by atoms with E-state index in [1.54, 1.807) is 0 Å². The number of nitrogens with one attached hydrogen (secondary N) is 1. The van der Waals surface area contributed by atoms with Crippen LogP contribution >= 0.6 is 0 Å². The third kappa shape index (κ3) is 4.46. The van der Waals surface area contributed by atoms with Crippen molar-refractivity contribution in [2.75, 3.05) is 16.8 Å². The number of para-hydroxylation sites is 1. The fraction of sp³-hybridized carbons (Fsp3) is 0.150. The summed E-state index contributed by atoms with van der Waals surface area (Å²) in [6.07, 6.45) is -1.73. The Morgan fingerprint density at radius 1 is 1.04 bits per heavy atom. The van der Waals surface area contributed by atoms with Crippen LogP contribution in [0.3, 0.4) is 0 Å². The Labute approximate surface area is 159 Å². The molecule has 3 aromatic rings. The van der Waals surface area contributed by atoms with Crippen LogP contribution in [0.5, 0.6) is 0 Å². The summed E-state index contributed by atoms with van der Waals surface area (Å²) in [5.74, 6) is -0.0783. The lowest BCUT2D eigenvalue weighted by Gasteiger charge is -2.21. The lowest BCUT2D eigenvalue weighted by atomic mass is 10.2. The van der Waals surface area contributed by atoms with Crippen LogP contribution in [-0.2, 0) is 6.18 Å². The smallest absolute Gasteiger partial charge is 0.325 e. The van der Waals surface area contributed by atoms with Gasteiger partial charge in [-0.15, -0.1) is 0 Å². The second kappa shape index (κ2) is 8.08. The lowest BCUT2D eigenvalue weighted by molar-refractivity contribution is -0.137. The fourth-order valence-electron chi connectivity index (χ4n) is 2.63. The van der Waals surface area contributed by atoms with Crippen LogP contribution in [0, 0.1) is 0 Å². The van der Waals surface area contributed by atoms with Gasteiger partial charge < -0.3 is 10.2 Å². The number of rotatable bonds is 5. The zero-order valence-electron chi connectivity index (χ0n) is 14.9. The Bertz CT molecular complexity index is 944. The predicted octanol–water partition coefficient (Wildman–Crippen LogP) is 4.91. The molecule has 0 unspecified atom stereocenters. The zero-order valence-corrected chi connectivity index (χ0v) is 14.9. The van der Waals surface area contributed by atoms with Gasteiger partial charge in [-0.2, -0.15) is 13.2 Å². The van der Waals surface area contributed by atoms with Gasteiger partial charge in [0.1, 0.15) is 5.69 Å². The number of alkyl halides is 3. The van der Waals surface area contributed by atoms with Gasteiger partial charge in [-0.25, -0.2) is 9.97 Å². The predicted molar refractivity (Wildman–Crippen MR) is 101 cm³/mol. The molecule has 0 saturated heterocycles. The van der Waals surface area contributed by atoms with E-state index in [0.717, 1.165) is 17.8 Å². The van der Waals surface area contributed by atoms with Crippen molar-refractivity contribution in [3.63, 3.8) is 0 Å². The van der Waals surface area contributed by atoms with Gasteiger partial charge in [0.15, 0.2) is 5.82 Å². The maximum atomic E-state index is 12.8. The summed E-state index contributed by atoms with van der Waals surface area (Å²) in [5, 5.41) is 2.41. The molecule has 0 aliphatic rings. The molecule has 0 spiro atoms. The molecule has 0 radical (unpaired) electrons. The third-order valence-electron chi connectivity index (χ3n) is 3.98. The van der Waals surface area contributed by atoms with Crippen molar-refractivity contribution in [3.05, 3.63) is 78.2 Å². The average molecular weight is 386 g/mol. The van der Waals surface area contributed by atoms with Gasteiger partial charge in [0, 0.05) is 17.9 Å². The van der Waals surface area contributed by atoms with Gasteiger partial charge in [-0.05, 0) is 37.3 Å². The molecule has 5 nitrogen and oxygen atoms in total. The SMILES string of the molecule is CCN(c1ccccc1)c1cnc(C(=O)Nc2cccc(C(F)(F)F)c2)cn1. The molecular weight excluding hydrogens is 369 g/mol. The molecule has 2 aromatic carbocycles. The highest BCUT2D eigenvalue weighted by molar-refractivity contribution is 6.02. The number of nitrogens with zero attached hydrogens (tertiary/aromatic N) is 3. The van der Waals surface area contributed by atoms with E-state index < -0.39 is 17.6 Å². The molecule has 0 aliphatic carbocycles. The second-order valence-electron chi connectivity index (χ2n) is 5.87. The maximum absolute atomic E-state index is 12.8. The summed E-state index contributed by atoms with van der Waals surface area (Å²) < 4.78 is 38.3. The number of carbonyl (C=O) groups is 1. The molecule has 0 bridgehead atoms. The number of hydrogen-bond donors (Lipinski definition) is 1. The Balaban J connectivity index is 1.75. The summed E-state index contributed by atoms with van der Waals surface area (Å²) in [5.41, 5.74) is 0.129. The Kier molecular flexibility index (Phi) is 5.58. The van der Waals surface area contributed by atoms with Crippen molar-refractivity contribution in [2.24, 2.45) is 0 Å². The van der Waals surface area contributed by atoms with E-state index in [2.05, 4.69) is 15.3 Å². The summed E-state index contributed by atoms with van der Waals surface area (Å²) >= 11 is 0. The summed E-state index contributed by atoms with van der Waals surface area (Å²) in [4.78, 5) is 22.6. The summed E-state index contributed by atoms with van der Waals surface area (Å²) in [6.45, 7) is 2.61. The fourth-order valence-corrected chi connectivity index (χ4v) is 2.63. The first-order chi connectivity index (χ1) is 13.4. The van der Waals surface area contributed by atoms with Crippen LogP contribution in [0.25, 0.3) is 0 Å². The second-order valence-corrected chi connectivity index (χ2v) is 5.87. The van der Waals surface area contributed by atoms with Crippen LogP contribution in [0.1, 0.15) is 23.0 Å². The number of anilines is 3. The molecule has 0 saturated carbocycles. The Hall–Kier alpha value is -3.42. The van der Waals surface area contributed by atoms with Crippen LogP contribution in [0.2, 0.25) is 0 Å². The van der Waals surface area contributed by atoms with E-state index in [1.165, 1.54) is 24.5 Å². The van der Waals surface area contributed by atoms with E-state index in [4.69, 9.17) is 0 Å². The Morgan fingerprint density at radius 3 is 2.39 bits per heavy atom. The van der Waals surface area contributed by atoms with Crippen LogP contribution in [-0.4, -0.2) is 22.4 Å². The minimum Gasteiger partial charge on any atom is -0.325 e. The van der Waals surface area contributed by atoms with E-state index in [-0.39, 0.29) is 11.4 Å². The molecule has 1 amide bonds. The van der Waals surface area contributed by atoms with Gasteiger partial charge in [-0.1, -0.05) is 24.3 Å². The van der Waals surface area contributed by atoms with Crippen LogP contribution in [0.4, 0.5) is 30.4 Å². The van der Waals surface area contributed by atoms with E-state index >= 15 is 0 Å². The highest BCUT2D eigenvalue weighted by Gasteiger charge is 2.30. The highest BCUT2D eigenvalue weighted by atomic mass is 19.4. The Morgan fingerprint density at radius 2 is 1.79 bits per heavy atom. The van der Waals surface area contributed by atoms with Crippen molar-refractivity contribution in [1.29, 1.82) is 0 Å². The number of halogens is 3. The molecule has 144 valence electrons. The van der Waals surface area contributed by atoms with Crippen molar-refractivity contribution in [2.45, 2.75) is 13.1 Å². The van der Waals surface area contributed by atoms with Gasteiger partial charge in [0.25, 0.3) is 5.91 Å². The van der Waals surface area contributed by atoms with E-state index in [0.29, 0.717) is 12.4 Å². The molecule has 1 heterocycles. The van der Waals surface area contributed by atoms with E-state index in [1.807, 2.05) is 42.2 Å². The van der Waals surface area contributed by atoms with Gasteiger partial charge in [-0.3, -0.25) is 4.79 Å². The minimum absolute atomic E-state index is 0.00489. The molecule has 28 heavy (non-hydrogen) atoms. The quantitative estimate of drug-likeness (QED) is 0.677. The molecular formula is C20H17F3N4O. The van der Waals surface area contributed by atoms with Crippen LogP contribution < -0.4 is 10.2 Å². The topological polar surface area (TPSA) is 58.1 Å². The number of benzene rings is 2. The standard InChI is InChI=1S/C20H17F3N4O/c1-2-27(16-9-4-3-5-10-16)18-13-24-17(12-25-18)19(28)26-15-8-6-7-14(11-15)20(21,22)23/h3-13H,2H2,1H3,(H,26,28). The largest absolute Gasteiger partial charge is 0.416 e. The molecule has 0 fully saturated rings. The number of aromatic nitrogens is 2. The van der Waals surface area contributed by atoms with Crippen molar-refractivity contribution < 1.29 is 18.0 Å². The van der Waals surface area contributed by atoms with Crippen molar-refractivity contribution in [1.82, 2.24) is 9.97 Å². The zero-order chi connectivity index (χ0) is 20.1. The third-order valence-corrected chi connectivity index (χ3v) is 3.98. The molecule has 1 N–H and O–H groups in total. The molecule has 1 aromatic heterocycles. The minimum atomic E-state index is -4.48. The summed E-state index contributed by atoms with van der Waals surface area (Å²) in [7, 11) is 0. The number of hydrogen-bond acceptors (Lipinski definition) is 4. The monoisotopic (exact) mass is 386 g/mol. The molecule has 8 heteroatoms. The number of amides is 1. The highest BCUT2D eigenvalue weighted by Crippen LogP contribution is 2.30. The van der Waals surface area contributed by atoms with Gasteiger partial charge in [0.05, 0.1) is 18.0 Å². The molecule has 3 rings (SSSR count). The number of carbonyl (C=O) groups excluding carboxylic acids is 1. The van der Waals surface area contributed by atoms with Gasteiger partial charge in [0.2, 0.25) is 0 Å². The van der Waals surface area contributed by atoms with Crippen molar-refractivity contribution in [3.8, 4) is 0 Å². The van der Waals surface area contributed by atoms with E-state index in [9.17, 15) is 18.0 Å². The molecule has 0 aliphatic heterocycles.